The zero-order chi connectivity index (χ0) is 23.7. The fraction of sp³-hybridized carbons (Fsp3) is 0.231. The average molecular weight is 455 g/mol. The largest absolute Gasteiger partial charge is 0.457 e. The lowest BCUT2D eigenvalue weighted by Crippen LogP contribution is -2.39. The Bertz CT molecular complexity index is 1340. The topological polar surface area (TPSA) is 99.2 Å². The molecule has 1 amide bonds. The Morgan fingerprint density at radius 3 is 2.38 bits per heavy atom. The minimum atomic E-state index is 0.00819. The number of nitrogen functional groups attached to an aromatic ring is 1. The number of hydrogen-bond acceptors (Lipinski definition) is 6. The van der Waals surface area contributed by atoms with Crippen molar-refractivity contribution >= 4 is 22.8 Å². The van der Waals surface area contributed by atoms with E-state index >= 15 is 0 Å². The number of carbonyl (C=O) groups is 1. The molecule has 0 bridgehead atoms. The summed E-state index contributed by atoms with van der Waals surface area (Å²) in [6.07, 6.45) is 3.03. The third-order valence-corrected chi connectivity index (χ3v) is 6.09. The molecule has 1 aliphatic rings. The van der Waals surface area contributed by atoms with E-state index in [1.807, 2.05) is 64.2 Å². The summed E-state index contributed by atoms with van der Waals surface area (Å²) < 4.78 is 7.86. The van der Waals surface area contributed by atoms with E-state index in [4.69, 9.17) is 15.6 Å². The Hall–Kier alpha value is -4.20. The first-order chi connectivity index (χ1) is 16.5. The van der Waals surface area contributed by atoms with Crippen molar-refractivity contribution in [2.45, 2.75) is 25.8 Å². The highest BCUT2D eigenvalue weighted by Crippen LogP contribution is 2.35. The second kappa shape index (κ2) is 8.97. The lowest BCUT2D eigenvalue weighted by atomic mass is 10.0. The summed E-state index contributed by atoms with van der Waals surface area (Å²) in [6.45, 7) is 6.83. The molecular formula is C26H26N6O2. The molecule has 0 spiro atoms. The number of aromatic nitrogens is 4. The van der Waals surface area contributed by atoms with Crippen LogP contribution >= 0.6 is 0 Å². The molecule has 1 saturated heterocycles. The van der Waals surface area contributed by atoms with E-state index in [-0.39, 0.29) is 11.9 Å². The van der Waals surface area contributed by atoms with Gasteiger partial charge in [0.05, 0.1) is 11.4 Å². The maximum absolute atomic E-state index is 12.3. The molecule has 2 aromatic heterocycles. The zero-order valence-corrected chi connectivity index (χ0v) is 19.0. The van der Waals surface area contributed by atoms with Crippen LogP contribution in [0.1, 0.15) is 25.8 Å². The van der Waals surface area contributed by atoms with E-state index in [1.54, 1.807) is 6.92 Å². The number of anilines is 1. The number of piperidine rings is 1. The molecule has 0 saturated carbocycles. The zero-order valence-electron chi connectivity index (χ0n) is 19.0. The van der Waals surface area contributed by atoms with Gasteiger partial charge in [-0.3, -0.25) is 4.79 Å². The number of nitrogens with two attached hydrogens (primary N) is 1. The number of hydrogen-bond donors (Lipinski definition) is 1. The second-order valence-corrected chi connectivity index (χ2v) is 8.49. The number of fused-ring (bicyclic) bond motifs is 1. The van der Waals surface area contributed by atoms with Gasteiger partial charge in [-0.2, -0.15) is 5.10 Å². The number of benzene rings is 2. The Kier molecular flexibility index (Phi) is 5.71. The first-order valence-corrected chi connectivity index (χ1v) is 11.3. The second-order valence-electron chi connectivity index (χ2n) is 8.49. The van der Waals surface area contributed by atoms with Crippen molar-refractivity contribution in [3.63, 3.8) is 0 Å². The predicted octanol–water partition coefficient (Wildman–Crippen LogP) is 4.61. The molecule has 0 radical (unpaired) electrons. The first-order valence-electron chi connectivity index (χ1n) is 11.3. The molecule has 0 aliphatic carbocycles. The molecule has 1 fully saturated rings. The maximum atomic E-state index is 12.3. The van der Waals surface area contributed by atoms with Crippen LogP contribution < -0.4 is 10.5 Å². The highest BCUT2D eigenvalue weighted by molar-refractivity contribution is 5.98. The van der Waals surface area contributed by atoms with Gasteiger partial charge in [-0.1, -0.05) is 24.8 Å². The molecule has 34 heavy (non-hydrogen) atoms. The van der Waals surface area contributed by atoms with Gasteiger partial charge in [0.1, 0.15) is 29.3 Å². The van der Waals surface area contributed by atoms with Gasteiger partial charge in [-0.15, -0.1) is 0 Å². The first kappa shape index (κ1) is 21.6. The Morgan fingerprint density at radius 2 is 1.71 bits per heavy atom. The minimum Gasteiger partial charge on any atom is -0.457 e. The number of rotatable bonds is 5. The Labute approximate surface area is 197 Å². The van der Waals surface area contributed by atoms with Crippen LogP contribution in [0.25, 0.3) is 22.3 Å². The fourth-order valence-electron chi connectivity index (χ4n) is 4.34. The summed E-state index contributed by atoms with van der Waals surface area (Å²) in [5.74, 6) is 1.91. The van der Waals surface area contributed by atoms with Crippen LogP contribution in [0, 0.1) is 0 Å². The molecule has 0 unspecified atom stereocenters. The molecule has 8 heteroatoms. The number of carbonyl (C=O) groups excluding carboxylic acids is 1. The van der Waals surface area contributed by atoms with E-state index in [0.29, 0.717) is 30.1 Å². The third kappa shape index (κ3) is 4.10. The number of ether oxygens (including phenoxy) is 1. The van der Waals surface area contributed by atoms with Crippen LogP contribution in [-0.4, -0.2) is 43.6 Å². The van der Waals surface area contributed by atoms with Crippen LogP contribution in [-0.2, 0) is 4.79 Å². The van der Waals surface area contributed by atoms with Crippen molar-refractivity contribution in [2.24, 2.45) is 0 Å². The van der Waals surface area contributed by atoms with Gasteiger partial charge < -0.3 is 15.4 Å². The number of amides is 1. The Balaban J connectivity index is 1.44. The van der Waals surface area contributed by atoms with Crippen molar-refractivity contribution in [1.29, 1.82) is 0 Å². The van der Waals surface area contributed by atoms with E-state index < -0.39 is 0 Å². The number of nitrogens with zero attached hydrogens (tertiary/aromatic N) is 5. The van der Waals surface area contributed by atoms with Crippen LogP contribution in [0.4, 0.5) is 5.82 Å². The van der Waals surface area contributed by atoms with Crippen molar-refractivity contribution < 1.29 is 9.53 Å². The lowest BCUT2D eigenvalue weighted by Gasteiger charge is -2.32. The number of para-hydroxylation sites is 1. The predicted molar refractivity (Wildman–Crippen MR) is 131 cm³/mol. The molecule has 2 N–H and O–H groups in total. The van der Waals surface area contributed by atoms with Crippen molar-refractivity contribution in [3.05, 3.63) is 73.1 Å². The minimum absolute atomic E-state index is 0.00819. The molecule has 172 valence electrons. The number of likely N-dealkylation sites (tertiary alicyclic amines) is 1. The summed E-state index contributed by atoms with van der Waals surface area (Å²) >= 11 is 0. The molecule has 5 rings (SSSR count). The SMILES string of the molecule is C=C(C)C(=O)N1CCC(n2nc(-c3ccc(Oc4ccccc4)cc3)c3c(N)ncnc32)CC1. The van der Waals surface area contributed by atoms with Crippen LogP contribution in [0.5, 0.6) is 11.5 Å². The molecule has 8 nitrogen and oxygen atoms in total. The molecule has 2 aromatic carbocycles. The molecule has 3 heterocycles. The van der Waals surface area contributed by atoms with Crippen molar-refractivity contribution in [2.75, 3.05) is 18.8 Å². The summed E-state index contributed by atoms with van der Waals surface area (Å²) in [5, 5.41) is 5.67. The van der Waals surface area contributed by atoms with Gasteiger partial charge in [0.2, 0.25) is 5.91 Å². The normalized spacial score (nSPS) is 14.3. The highest BCUT2D eigenvalue weighted by atomic mass is 16.5. The van der Waals surface area contributed by atoms with Gasteiger partial charge in [-0.25, -0.2) is 14.6 Å². The van der Waals surface area contributed by atoms with E-state index in [9.17, 15) is 4.79 Å². The summed E-state index contributed by atoms with van der Waals surface area (Å²) in [7, 11) is 0. The van der Waals surface area contributed by atoms with Gasteiger partial charge in [0.25, 0.3) is 0 Å². The lowest BCUT2D eigenvalue weighted by molar-refractivity contribution is -0.128. The standard InChI is InChI=1S/C26H26N6O2/c1-17(2)26(33)31-14-12-19(13-15-31)32-25-22(24(27)28-16-29-25)23(30-32)18-8-10-21(11-9-18)34-20-6-4-3-5-7-20/h3-11,16,19H,1,12-15H2,2H3,(H2,27,28,29). The smallest absolute Gasteiger partial charge is 0.248 e. The summed E-state index contributed by atoms with van der Waals surface area (Å²) in [4.78, 5) is 22.8. The van der Waals surface area contributed by atoms with Gasteiger partial charge in [0, 0.05) is 24.2 Å². The fourth-order valence-corrected chi connectivity index (χ4v) is 4.34. The van der Waals surface area contributed by atoms with Crippen molar-refractivity contribution in [3.8, 4) is 22.8 Å². The maximum Gasteiger partial charge on any atom is 0.248 e. The summed E-state index contributed by atoms with van der Waals surface area (Å²) in [6, 6.07) is 17.5. The Morgan fingerprint density at radius 1 is 1.03 bits per heavy atom. The van der Waals surface area contributed by atoms with Crippen molar-refractivity contribution in [1.82, 2.24) is 24.6 Å². The monoisotopic (exact) mass is 454 g/mol. The van der Waals surface area contributed by atoms with E-state index in [2.05, 4.69) is 16.5 Å². The molecule has 0 atom stereocenters. The molecule has 4 aromatic rings. The van der Waals surface area contributed by atoms with Crippen LogP contribution in [0.2, 0.25) is 0 Å². The van der Waals surface area contributed by atoms with Gasteiger partial charge in [0.15, 0.2) is 5.65 Å². The van der Waals surface area contributed by atoms with Crippen LogP contribution in [0.15, 0.2) is 73.1 Å². The molecular weight excluding hydrogens is 428 g/mol. The third-order valence-electron chi connectivity index (χ3n) is 6.09. The van der Waals surface area contributed by atoms with Gasteiger partial charge >= 0.3 is 0 Å². The highest BCUT2D eigenvalue weighted by Gasteiger charge is 2.28. The molecule has 1 aliphatic heterocycles. The van der Waals surface area contributed by atoms with Crippen LogP contribution in [0.3, 0.4) is 0 Å². The van der Waals surface area contributed by atoms with Gasteiger partial charge in [-0.05, 0) is 56.2 Å². The quantitative estimate of drug-likeness (QED) is 0.442. The summed E-state index contributed by atoms with van der Waals surface area (Å²) in [5.41, 5.74) is 9.18. The van der Waals surface area contributed by atoms with E-state index in [0.717, 1.165) is 41.0 Å². The average Bonchev–Trinajstić information content (AvgIpc) is 3.26. The van der Waals surface area contributed by atoms with E-state index in [1.165, 1.54) is 6.33 Å².